The van der Waals surface area contributed by atoms with Crippen molar-refractivity contribution in [3.63, 3.8) is 0 Å². The number of hydrogen-bond acceptors (Lipinski definition) is 3. The molecule has 2 rings (SSSR count). The van der Waals surface area contributed by atoms with Crippen LogP contribution < -0.4 is 15.4 Å². The summed E-state index contributed by atoms with van der Waals surface area (Å²) < 4.78 is 5.43. The van der Waals surface area contributed by atoms with E-state index in [1.165, 1.54) is 11.1 Å². The Labute approximate surface area is 144 Å². The number of aromatic nitrogens is 1. The highest BCUT2D eigenvalue weighted by Gasteiger charge is 2.01. The van der Waals surface area contributed by atoms with E-state index in [-0.39, 0.29) is 0 Å². The first kappa shape index (κ1) is 17.8. The van der Waals surface area contributed by atoms with Crippen LogP contribution in [0, 0.1) is 6.92 Å². The molecule has 0 aliphatic rings. The second-order valence-corrected chi connectivity index (χ2v) is 5.47. The molecule has 0 amide bonds. The lowest BCUT2D eigenvalue weighted by molar-refractivity contribution is 0.326. The number of aryl methyl sites for hydroxylation is 1. The number of nitrogens with one attached hydrogen (secondary N) is 2. The van der Waals surface area contributed by atoms with E-state index in [0.717, 1.165) is 18.1 Å². The molecule has 0 saturated carbocycles. The van der Waals surface area contributed by atoms with Gasteiger partial charge in [-0.15, -0.1) is 0 Å². The molecule has 0 atom stereocenters. The smallest absolute Gasteiger partial charge is 0.213 e. The third kappa shape index (κ3) is 5.91. The van der Waals surface area contributed by atoms with E-state index in [4.69, 9.17) is 4.74 Å². The van der Waals surface area contributed by atoms with E-state index in [9.17, 15) is 0 Å². The Morgan fingerprint density at radius 3 is 2.75 bits per heavy atom. The summed E-state index contributed by atoms with van der Waals surface area (Å²) in [4.78, 5) is 8.83. The zero-order valence-electron chi connectivity index (χ0n) is 14.7. The second kappa shape index (κ2) is 9.55. The van der Waals surface area contributed by atoms with Gasteiger partial charge in [0, 0.05) is 25.4 Å². The Balaban J connectivity index is 1.97. The third-order valence-electron chi connectivity index (χ3n) is 3.40. The number of benzene rings is 1. The van der Waals surface area contributed by atoms with Crippen molar-refractivity contribution in [3.8, 4) is 5.88 Å². The highest BCUT2D eigenvalue weighted by Crippen LogP contribution is 2.09. The van der Waals surface area contributed by atoms with Gasteiger partial charge in [0.2, 0.25) is 5.88 Å². The summed E-state index contributed by atoms with van der Waals surface area (Å²) >= 11 is 0. The quantitative estimate of drug-likeness (QED) is 0.606. The number of rotatable bonds is 7. The van der Waals surface area contributed by atoms with Gasteiger partial charge in [-0.1, -0.05) is 29.8 Å². The highest BCUT2D eigenvalue weighted by atomic mass is 16.5. The largest absolute Gasteiger partial charge is 0.478 e. The van der Waals surface area contributed by atoms with Crippen molar-refractivity contribution < 1.29 is 4.74 Å². The van der Waals surface area contributed by atoms with Gasteiger partial charge in [0.25, 0.3) is 0 Å². The van der Waals surface area contributed by atoms with Gasteiger partial charge in [0.15, 0.2) is 5.96 Å². The molecule has 1 aromatic carbocycles. The van der Waals surface area contributed by atoms with Crippen LogP contribution in [0.25, 0.3) is 0 Å². The molecule has 2 aromatic rings. The Morgan fingerprint density at radius 2 is 2.00 bits per heavy atom. The predicted octanol–water partition coefficient (Wildman–Crippen LogP) is 3.04. The summed E-state index contributed by atoms with van der Waals surface area (Å²) in [6, 6.07) is 12.3. The molecule has 1 heterocycles. The minimum atomic E-state index is 0.616. The van der Waals surface area contributed by atoms with E-state index in [1.54, 1.807) is 6.20 Å². The zero-order valence-corrected chi connectivity index (χ0v) is 14.7. The van der Waals surface area contributed by atoms with Crippen LogP contribution in [0.5, 0.6) is 5.88 Å². The molecule has 0 spiro atoms. The summed E-state index contributed by atoms with van der Waals surface area (Å²) in [5.41, 5.74) is 3.56. The van der Waals surface area contributed by atoms with Crippen LogP contribution in [0.15, 0.2) is 47.6 Å². The molecule has 2 N–H and O–H groups in total. The van der Waals surface area contributed by atoms with Crippen molar-refractivity contribution in [2.45, 2.75) is 33.9 Å². The first-order valence-corrected chi connectivity index (χ1v) is 8.36. The summed E-state index contributed by atoms with van der Waals surface area (Å²) in [6.07, 6.45) is 1.76. The Morgan fingerprint density at radius 1 is 1.12 bits per heavy atom. The number of guanidine groups is 1. The lowest BCUT2D eigenvalue weighted by atomic mass is 10.1. The van der Waals surface area contributed by atoms with Crippen LogP contribution in [0.1, 0.15) is 30.5 Å². The van der Waals surface area contributed by atoms with Gasteiger partial charge in [0.05, 0.1) is 13.2 Å². The maximum absolute atomic E-state index is 5.43. The van der Waals surface area contributed by atoms with Crippen molar-refractivity contribution in [1.82, 2.24) is 15.6 Å². The molecule has 0 fully saturated rings. The van der Waals surface area contributed by atoms with Crippen molar-refractivity contribution in [3.05, 3.63) is 59.3 Å². The molecule has 0 radical (unpaired) electrons. The summed E-state index contributed by atoms with van der Waals surface area (Å²) in [6.45, 7) is 8.86. The Bertz CT molecular complexity index is 670. The molecule has 0 saturated heterocycles. The van der Waals surface area contributed by atoms with Crippen LogP contribution in [-0.4, -0.2) is 24.1 Å². The van der Waals surface area contributed by atoms with E-state index >= 15 is 0 Å². The maximum atomic E-state index is 5.43. The summed E-state index contributed by atoms with van der Waals surface area (Å²) in [5, 5.41) is 6.62. The van der Waals surface area contributed by atoms with Gasteiger partial charge in [-0.05, 0) is 38.0 Å². The number of hydrogen-bond donors (Lipinski definition) is 2. The molecule has 1 aromatic heterocycles. The van der Waals surface area contributed by atoms with E-state index in [1.807, 2.05) is 19.1 Å². The number of nitrogens with zero attached hydrogens (tertiary/aromatic N) is 2. The minimum Gasteiger partial charge on any atom is -0.478 e. The minimum absolute atomic E-state index is 0.616. The molecule has 0 aliphatic heterocycles. The van der Waals surface area contributed by atoms with E-state index < -0.39 is 0 Å². The summed E-state index contributed by atoms with van der Waals surface area (Å²) in [5.74, 6) is 1.45. The van der Waals surface area contributed by atoms with Crippen LogP contribution in [0.4, 0.5) is 0 Å². The lowest BCUT2D eigenvalue weighted by Gasteiger charge is -2.12. The Kier molecular flexibility index (Phi) is 7.08. The number of ether oxygens (including phenoxy) is 1. The van der Waals surface area contributed by atoms with Gasteiger partial charge < -0.3 is 15.4 Å². The molecule has 0 unspecified atom stereocenters. The van der Waals surface area contributed by atoms with Gasteiger partial charge >= 0.3 is 0 Å². The van der Waals surface area contributed by atoms with Gasteiger partial charge in [-0.2, -0.15) is 0 Å². The number of aliphatic imine (C=N–C) groups is 1. The SMILES string of the molecule is CCNC(=NCc1cccc(C)c1)NCc1ccnc(OCC)c1. The van der Waals surface area contributed by atoms with Crippen LogP contribution in [0.3, 0.4) is 0 Å². The zero-order chi connectivity index (χ0) is 17.2. The first-order valence-electron chi connectivity index (χ1n) is 8.36. The summed E-state index contributed by atoms with van der Waals surface area (Å²) in [7, 11) is 0. The average molecular weight is 326 g/mol. The van der Waals surface area contributed by atoms with Crippen molar-refractivity contribution in [2.75, 3.05) is 13.2 Å². The lowest BCUT2D eigenvalue weighted by Crippen LogP contribution is -2.36. The molecular weight excluding hydrogens is 300 g/mol. The monoisotopic (exact) mass is 326 g/mol. The maximum Gasteiger partial charge on any atom is 0.213 e. The van der Waals surface area contributed by atoms with Gasteiger partial charge in [-0.3, -0.25) is 0 Å². The molecule has 128 valence electrons. The Hall–Kier alpha value is -2.56. The fourth-order valence-corrected chi connectivity index (χ4v) is 2.30. The van der Waals surface area contributed by atoms with Crippen molar-refractivity contribution >= 4 is 5.96 Å². The molecular formula is C19H26N4O. The standard InChI is InChI=1S/C19H26N4O/c1-4-20-19(22-13-16-8-6-7-15(3)11-16)23-14-17-9-10-21-18(12-17)24-5-2/h6-12H,4-5,13-14H2,1-3H3,(H2,20,22,23). The topological polar surface area (TPSA) is 58.5 Å². The van der Waals surface area contributed by atoms with E-state index in [0.29, 0.717) is 25.6 Å². The molecule has 5 nitrogen and oxygen atoms in total. The third-order valence-corrected chi connectivity index (χ3v) is 3.40. The fraction of sp³-hybridized carbons (Fsp3) is 0.368. The van der Waals surface area contributed by atoms with Crippen LogP contribution in [0.2, 0.25) is 0 Å². The molecule has 0 bridgehead atoms. The van der Waals surface area contributed by atoms with Gasteiger partial charge in [0.1, 0.15) is 0 Å². The van der Waals surface area contributed by atoms with Crippen molar-refractivity contribution in [2.24, 2.45) is 4.99 Å². The molecule has 24 heavy (non-hydrogen) atoms. The highest BCUT2D eigenvalue weighted by molar-refractivity contribution is 5.79. The van der Waals surface area contributed by atoms with Crippen LogP contribution >= 0.6 is 0 Å². The normalized spacial score (nSPS) is 11.2. The van der Waals surface area contributed by atoms with E-state index in [2.05, 4.69) is 58.7 Å². The second-order valence-electron chi connectivity index (χ2n) is 5.47. The average Bonchev–Trinajstić information content (AvgIpc) is 2.58. The predicted molar refractivity (Wildman–Crippen MR) is 98.2 cm³/mol. The number of pyridine rings is 1. The molecule has 0 aliphatic carbocycles. The van der Waals surface area contributed by atoms with Gasteiger partial charge in [-0.25, -0.2) is 9.98 Å². The van der Waals surface area contributed by atoms with Crippen LogP contribution in [-0.2, 0) is 13.1 Å². The van der Waals surface area contributed by atoms with Crippen molar-refractivity contribution in [1.29, 1.82) is 0 Å². The molecule has 5 heteroatoms. The first-order chi connectivity index (χ1) is 11.7. The fourth-order valence-electron chi connectivity index (χ4n) is 2.30.